The molecule has 3 rings (SSSR count). The molecule has 2 heterocycles. The molecule has 27 heavy (non-hydrogen) atoms. The molecule has 2 aromatic heterocycles. The second-order valence-electron chi connectivity index (χ2n) is 5.56. The molecular formula is C17H13ClF2N4O3. The van der Waals surface area contributed by atoms with Crippen LogP contribution in [-0.2, 0) is 6.61 Å². The molecule has 0 aliphatic heterocycles. The van der Waals surface area contributed by atoms with Gasteiger partial charge in [0.15, 0.2) is 5.02 Å². The Morgan fingerprint density at radius 1 is 1.33 bits per heavy atom. The maximum absolute atomic E-state index is 13.7. The largest absolute Gasteiger partial charge is 0.471 e. The first-order chi connectivity index (χ1) is 12.8. The van der Waals surface area contributed by atoms with Crippen LogP contribution in [0, 0.1) is 18.6 Å². The molecule has 0 aliphatic carbocycles. The van der Waals surface area contributed by atoms with Gasteiger partial charge in [-0.1, -0.05) is 11.6 Å². The molecule has 0 radical (unpaired) electrons. The fraction of sp³-hybridized carbons (Fsp3) is 0.118. The molecule has 0 spiro atoms. The number of aromatic nitrogens is 3. The Kier molecular flexibility index (Phi) is 4.95. The molecule has 2 N–H and O–H groups in total. The van der Waals surface area contributed by atoms with E-state index >= 15 is 0 Å². The summed E-state index contributed by atoms with van der Waals surface area (Å²) in [6.07, 6.45) is 2.74. The molecule has 1 amide bonds. The zero-order valence-corrected chi connectivity index (χ0v) is 14.7. The van der Waals surface area contributed by atoms with Crippen LogP contribution >= 0.6 is 11.6 Å². The summed E-state index contributed by atoms with van der Waals surface area (Å²) in [6.45, 7) is 1.24. The van der Waals surface area contributed by atoms with Crippen LogP contribution in [0.2, 0.25) is 5.02 Å². The van der Waals surface area contributed by atoms with Crippen LogP contribution < -0.4 is 16.0 Å². The summed E-state index contributed by atoms with van der Waals surface area (Å²) < 4.78 is 34.2. The summed E-state index contributed by atoms with van der Waals surface area (Å²) >= 11 is 6.05. The van der Waals surface area contributed by atoms with Crippen molar-refractivity contribution in [1.82, 2.24) is 14.1 Å². The van der Waals surface area contributed by atoms with Crippen LogP contribution in [0.15, 0.2) is 41.5 Å². The van der Waals surface area contributed by atoms with Gasteiger partial charge in [-0.25, -0.2) is 13.6 Å². The van der Waals surface area contributed by atoms with Crippen LogP contribution in [0.4, 0.5) is 13.6 Å². The van der Waals surface area contributed by atoms with E-state index in [0.717, 1.165) is 16.7 Å². The Labute approximate surface area is 156 Å². The highest BCUT2D eigenvalue weighted by atomic mass is 35.5. The quantitative estimate of drug-likeness (QED) is 0.736. The number of ether oxygens (including phenoxy) is 1. The lowest BCUT2D eigenvalue weighted by Gasteiger charge is -2.12. The van der Waals surface area contributed by atoms with Gasteiger partial charge in [-0.15, -0.1) is 0 Å². The van der Waals surface area contributed by atoms with E-state index in [2.05, 4.69) is 4.98 Å². The molecule has 0 atom stereocenters. The number of carbonyl (C=O) groups excluding carboxylic acids is 1. The molecule has 140 valence electrons. The van der Waals surface area contributed by atoms with Crippen molar-refractivity contribution >= 4 is 17.6 Å². The smallest absolute Gasteiger partial charge is 0.322 e. The molecule has 7 nitrogen and oxygen atoms in total. The van der Waals surface area contributed by atoms with Gasteiger partial charge >= 0.3 is 6.03 Å². The van der Waals surface area contributed by atoms with Crippen LogP contribution in [0.3, 0.4) is 0 Å². The van der Waals surface area contributed by atoms with Crippen molar-refractivity contribution in [2.24, 2.45) is 5.73 Å². The van der Waals surface area contributed by atoms with Crippen molar-refractivity contribution in [2.45, 2.75) is 13.5 Å². The first kappa shape index (κ1) is 18.6. The van der Waals surface area contributed by atoms with Gasteiger partial charge in [-0.05, 0) is 25.1 Å². The number of rotatable bonds is 4. The second kappa shape index (κ2) is 7.20. The van der Waals surface area contributed by atoms with Crippen LogP contribution in [0.5, 0.6) is 5.88 Å². The maximum Gasteiger partial charge on any atom is 0.322 e. The molecular weight excluding hydrogens is 382 g/mol. The van der Waals surface area contributed by atoms with E-state index in [1.54, 1.807) is 0 Å². The summed E-state index contributed by atoms with van der Waals surface area (Å²) in [7, 11) is 0. The third kappa shape index (κ3) is 3.68. The summed E-state index contributed by atoms with van der Waals surface area (Å²) in [5.41, 5.74) is 4.95. The Hall–Kier alpha value is -3.20. The normalized spacial score (nSPS) is 10.8. The van der Waals surface area contributed by atoms with Crippen molar-refractivity contribution in [1.29, 1.82) is 0 Å². The van der Waals surface area contributed by atoms with Gasteiger partial charge in [0.25, 0.3) is 5.56 Å². The zero-order valence-electron chi connectivity index (χ0n) is 13.9. The number of hydrogen-bond donors (Lipinski definition) is 1. The highest BCUT2D eigenvalue weighted by Gasteiger charge is 2.17. The number of halogens is 3. The molecule has 0 unspecified atom stereocenters. The fourth-order valence-electron chi connectivity index (χ4n) is 2.42. The van der Waals surface area contributed by atoms with E-state index in [1.165, 1.54) is 36.0 Å². The maximum atomic E-state index is 13.7. The number of benzene rings is 1. The van der Waals surface area contributed by atoms with E-state index in [-0.39, 0.29) is 28.9 Å². The van der Waals surface area contributed by atoms with E-state index < -0.39 is 23.2 Å². The van der Waals surface area contributed by atoms with E-state index in [0.29, 0.717) is 5.69 Å². The Bertz CT molecular complexity index is 1090. The minimum atomic E-state index is -0.788. The lowest BCUT2D eigenvalue weighted by Crippen LogP contribution is -2.23. The zero-order chi connectivity index (χ0) is 19.7. The van der Waals surface area contributed by atoms with Crippen LogP contribution in [-0.4, -0.2) is 20.1 Å². The molecule has 0 aliphatic rings. The average Bonchev–Trinajstić information content (AvgIpc) is 3.08. The van der Waals surface area contributed by atoms with Gasteiger partial charge in [0.05, 0.1) is 5.69 Å². The number of nitrogens with two attached hydrogens (primary N) is 1. The van der Waals surface area contributed by atoms with Crippen molar-refractivity contribution in [3.8, 4) is 11.6 Å². The summed E-state index contributed by atoms with van der Waals surface area (Å²) in [6, 6.07) is 3.81. The highest BCUT2D eigenvalue weighted by Crippen LogP contribution is 2.22. The third-order valence-corrected chi connectivity index (χ3v) is 4.06. The summed E-state index contributed by atoms with van der Waals surface area (Å²) in [5, 5.41) is -0.324. The predicted octanol–water partition coefficient (Wildman–Crippen LogP) is 2.78. The number of nitrogens with zero attached hydrogens (tertiary/aromatic N) is 3. The molecule has 0 fully saturated rings. The molecule has 1 aromatic carbocycles. The molecule has 10 heteroatoms. The van der Waals surface area contributed by atoms with E-state index in [1.807, 2.05) is 0 Å². The van der Waals surface area contributed by atoms with Gasteiger partial charge in [0, 0.05) is 24.0 Å². The van der Waals surface area contributed by atoms with Gasteiger partial charge < -0.3 is 10.5 Å². The van der Waals surface area contributed by atoms with Crippen molar-refractivity contribution in [3.05, 3.63) is 75.1 Å². The third-order valence-electron chi connectivity index (χ3n) is 3.74. The Morgan fingerprint density at radius 2 is 2.07 bits per heavy atom. The van der Waals surface area contributed by atoms with Crippen LogP contribution in [0.1, 0.15) is 11.4 Å². The van der Waals surface area contributed by atoms with Crippen molar-refractivity contribution in [3.63, 3.8) is 0 Å². The topological polar surface area (TPSA) is 92.1 Å². The van der Waals surface area contributed by atoms with Crippen LogP contribution in [0.25, 0.3) is 5.69 Å². The number of aryl methyl sites for hydroxylation is 1. The van der Waals surface area contributed by atoms with Gasteiger partial charge in [0.1, 0.15) is 24.1 Å². The number of carbonyl (C=O) groups is 1. The first-order valence-electron chi connectivity index (χ1n) is 7.62. The van der Waals surface area contributed by atoms with E-state index in [4.69, 9.17) is 22.1 Å². The summed E-state index contributed by atoms with van der Waals surface area (Å²) in [4.78, 5) is 27.9. The molecule has 0 saturated carbocycles. The SMILES string of the molecule is Cc1nc(OCc2ccc(F)cc2F)c(Cl)c(=O)n1-c1ccn(C(N)=O)c1. The lowest BCUT2D eigenvalue weighted by molar-refractivity contribution is 0.250. The average molecular weight is 395 g/mol. The van der Waals surface area contributed by atoms with Crippen molar-refractivity contribution in [2.75, 3.05) is 0 Å². The number of amides is 1. The van der Waals surface area contributed by atoms with Gasteiger partial charge in [0.2, 0.25) is 5.88 Å². The predicted molar refractivity (Wildman–Crippen MR) is 93.2 cm³/mol. The number of hydrogen-bond acceptors (Lipinski definition) is 4. The Balaban J connectivity index is 1.92. The summed E-state index contributed by atoms with van der Waals surface area (Å²) in [5.74, 6) is -1.47. The highest BCUT2D eigenvalue weighted by molar-refractivity contribution is 6.31. The van der Waals surface area contributed by atoms with Gasteiger partial charge in [-0.3, -0.25) is 13.9 Å². The Morgan fingerprint density at radius 3 is 2.70 bits per heavy atom. The minimum absolute atomic E-state index is 0.0784. The molecule has 3 aromatic rings. The standard InChI is InChI=1S/C17H13ClF2N4O3/c1-9-22-15(27-8-10-2-3-11(19)6-13(10)20)14(18)16(25)24(9)12-4-5-23(7-12)17(21)26/h2-7H,8H2,1H3,(H2,21,26). The first-order valence-corrected chi connectivity index (χ1v) is 7.99. The fourth-order valence-corrected chi connectivity index (χ4v) is 2.60. The van der Waals surface area contributed by atoms with Gasteiger partial charge in [-0.2, -0.15) is 4.98 Å². The molecule has 0 saturated heterocycles. The molecule has 0 bridgehead atoms. The second-order valence-corrected chi connectivity index (χ2v) is 5.94. The number of primary amides is 1. The monoisotopic (exact) mass is 394 g/mol. The lowest BCUT2D eigenvalue weighted by atomic mass is 10.2. The minimum Gasteiger partial charge on any atom is -0.471 e. The van der Waals surface area contributed by atoms with E-state index in [9.17, 15) is 18.4 Å². The van der Waals surface area contributed by atoms with Crippen molar-refractivity contribution < 1.29 is 18.3 Å².